The predicted molar refractivity (Wildman–Crippen MR) is 125 cm³/mol. The van der Waals surface area contributed by atoms with E-state index in [9.17, 15) is 10.2 Å². The van der Waals surface area contributed by atoms with Gasteiger partial charge in [0.15, 0.2) is 0 Å². The van der Waals surface area contributed by atoms with Gasteiger partial charge in [0.1, 0.15) is 0 Å². The number of nitrogens with one attached hydrogen (secondary N) is 1. The second-order valence-corrected chi connectivity index (χ2v) is 13.3. The molecule has 0 aromatic heterocycles. The summed E-state index contributed by atoms with van der Waals surface area (Å²) in [6.45, 7) is 4.67. The molecule has 8 aliphatic rings. The van der Waals surface area contributed by atoms with Gasteiger partial charge in [-0.1, -0.05) is 58.1 Å². The fourth-order valence-electron chi connectivity index (χ4n) is 11.3. The average Bonchev–Trinajstić information content (AvgIpc) is 2.94. The summed E-state index contributed by atoms with van der Waals surface area (Å²) >= 11 is 0. The van der Waals surface area contributed by atoms with Crippen molar-refractivity contribution in [3.05, 3.63) is 12.2 Å². The van der Waals surface area contributed by atoms with Gasteiger partial charge in [0, 0.05) is 16.9 Å². The normalized spacial score (nSPS) is 58.8. The molecule has 3 N–H and O–H groups in total. The summed E-state index contributed by atoms with van der Waals surface area (Å²) in [5, 5.41) is 28.4. The lowest BCUT2D eigenvalue weighted by Gasteiger charge is -2.76. The molecule has 6 saturated carbocycles. The zero-order valence-electron chi connectivity index (χ0n) is 20.1. The molecule has 0 aromatic rings. The summed E-state index contributed by atoms with van der Waals surface area (Å²) in [6, 6.07) is 0.504. The molecule has 0 aromatic carbocycles. The molecular formula is C28H45NO2. The second-order valence-electron chi connectivity index (χ2n) is 13.3. The Bertz CT molecular complexity index is 781. The van der Waals surface area contributed by atoms with Crippen molar-refractivity contribution in [2.45, 2.75) is 115 Å². The summed E-state index contributed by atoms with van der Waals surface area (Å²) in [7, 11) is 2.17. The summed E-state index contributed by atoms with van der Waals surface area (Å²) in [5.41, 5.74) is -0.640. The van der Waals surface area contributed by atoms with E-state index in [0.717, 1.165) is 44.4 Å². The number of unbranched alkanes of at least 4 members (excludes halogenated alkanes) is 2. The third-order valence-electron chi connectivity index (χ3n) is 12.0. The van der Waals surface area contributed by atoms with E-state index in [4.69, 9.17) is 0 Å². The minimum absolute atomic E-state index is 0.0921. The highest BCUT2D eigenvalue weighted by Crippen LogP contribution is 2.88. The van der Waals surface area contributed by atoms with Crippen LogP contribution >= 0.6 is 0 Å². The largest absolute Gasteiger partial charge is 0.392 e. The summed E-state index contributed by atoms with van der Waals surface area (Å²) in [5.74, 6) is 1.95. The van der Waals surface area contributed by atoms with Gasteiger partial charge in [-0.25, -0.2) is 0 Å². The van der Waals surface area contributed by atoms with E-state index in [2.05, 4.69) is 38.4 Å². The molecule has 6 fully saturated rings. The first-order chi connectivity index (χ1) is 14.8. The number of aliphatic hydroxyl groups excluding tert-OH is 1. The smallest absolute Gasteiger partial charge is 0.0718 e. The van der Waals surface area contributed by atoms with Crippen LogP contribution in [-0.2, 0) is 0 Å². The standard InChI is InChI=1S/C28H45NO2/c1-4-5-6-8-19-13-21-23(29-3)20-9-12-28-22(30)16-24(2)10-7-11-27(31,17-24)26(28,15-20)18-25(21,28)14-19/h9,12,19-23,29-31H,4-8,10-11,13-18H2,1-3H3/t19-,20+,21+,22+,23-,24-,25-,26-,27+,28-/m0/s1. The Morgan fingerprint density at radius 3 is 2.71 bits per heavy atom. The Kier molecular flexibility index (Phi) is 4.51. The van der Waals surface area contributed by atoms with Crippen LogP contribution < -0.4 is 5.32 Å². The molecular weight excluding hydrogens is 382 g/mol. The van der Waals surface area contributed by atoms with Crippen LogP contribution in [0.4, 0.5) is 0 Å². The highest BCUT2D eigenvalue weighted by atomic mass is 16.3. The number of rotatable bonds is 5. The summed E-state index contributed by atoms with van der Waals surface area (Å²) in [6.07, 6.45) is 19.9. The Labute approximate surface area is 189 Å². The Morgan fingerprint density at radius 1 is 1.10 bits per heavy atom. The summed E-state index contributed by atoms with van der Waals surface area (Å²) in [4.78, 5) is 0. The molecule has 3 spiro atoms. The number of aliphatic hydroxyl groups is 2. The fraction of sp³-hybridized carbons (Fsp3) is 0.929. The third kappa shape index (κ3) is 2.32. The highest BCUT2D eigenvalue weighted by Gasteiger charge is 2.86. The van der Waals surface area contributed by atoms with Crippen LogP contribution in [0.2, 0.25) is 0 Å². The lowest BCUT2D eigenvalue weighted by molar-refractivity contribution is -0.315. The topological polar surface area (TPSA) is 52.5 Å². The van der Waals surface area contributed by atoms with Gasteiger partial charge in [0.25, 0.3) is 0 Å². The molecule has 3 heteroatoms. The molecule has 0 aliphatic heterocycles. The van der Waals surface area contributed by atoms with Gasteiger partial charge >= 0.3 is 0 Å². The van der Waals surface area contributed by atoms with Crippen LogP contribution in [0.5, 0.6) is 0 Å². The number of hydrogen-bond acceptors (Lipinski definition) is 3. The molecule has 8 aliphatic carbocycles. The van der Waals surface area contributed by atoms with Crippen molar-refractivity contribution in [3.63, 3.8) is 0 Å². The van der Waals surface area contributed by atoms with Crippen LogP contribution in [0.1, 0.15) is 97.3 Å². The van der Waals surface area contributed by atoms with Gasteiger partial charge in [-0.15, -0.1) is 0 Å². The molecule has 31 heavy (non-hydrogen) atoms. The zero-order chi connectivity index (χ0) is 21.7. The monoisotopic (exact) mass is 427 g/mol. The van der Waals surface area contributed by atoms with E-state index in [1.165, 1.54) is 44.9 Å². The quantitative estimate of drug-likeness (QED) is 0.417. The SMILES string of the molecule is CCCCC[C@H]1C[C@@H]2[C@@H](NC)[C@@H]3C=C[C@@]45[C@H](O)C[C@]6(C)CCC[C@@](O)(C6)[C@]4(C3)C[C@@]25C1. The molecule has 0 saturated heterocycles. The van der Waals surface area contributed by atoms with Crippen LogP contribution in [0, 0.1) is 39.4 Å². The maximum absolute atomic E-state index is 12.4. The van der Waals surface area contributed by atoms with Crippen molar-refractivity contribution >= 4 is 0 Å². The van der Waals surface area contributed by atoms with Gasteiger partial charge in [0.05, 0.1) is 11.7 Å². The van der Waals surface area contributed by atoms with E-state index in [-0.39, 0.29) is 27.8 Å². The first-order valence-corrected chi connectivity index (χ1v) is 13.6. The molecule has 0 heterocycles. The fourth-order valence-corrected chi connectivity index (χ4v) is 11.3. The zero-order valence-corrected chi connectivity index (χ0v) is 20.1. The van der Waals surface area contributed by atoms with Crippen molar-refractivity contribution in [1.82, 2.24) is 5.32 Å². The van der Waals surface area contributed by atoms with Crippen LogP contribution in [0.15, 0.2) is 12.2 Å². The minimum Gasteiger partial charge on any atom is -0.392 e. The third-order valence-corrected chi connectivity index (χ3v) is 12.0. The molecule has 0 amide bonds. The van der Waals surface area contributed by atoms with Crippen molar-refractivity contribution in [2.75, 3.05) is 7.05 Å². The molecule has 8 rings (SSSR count). The van der Waals surface area contributed by atoms with Gasteiger partial charge in [0.2, 0.25) is 0 Å². The first-order valence-electron chi connectivity index (χ1n) is 13.6. The Balaban J connectivity index is 1.48. The van der Waals surface area contributed by atoms with Crippen molar-refractivity contribution in [3.8, 4) is 0 Å². The van der Waals surface area contributed by atoms with E-state index in [1.807, 2.05) is 0 Å². The first kappa shape index (κ1) is 21.2. The molecule has 0 unspecified atom stereocenters. The average molecular weight is 428 g/mol. The number of hydrogen-bond donors (Lipinski definition) is 3. The molecule has 174 valence electrons. The van der Waals surface area contributed by atoms with Gasteiger partial charge in [-0.2, -0.15) is 0 Å². The second kappa shape index (κ2) is 6.60. The van der Waals surface area contributed by atoms with Crippen LogP contribution in [0.3, 0.4) is 0 Å². The highest BCUT2D eigenvalue weighted by molar-refractivity contribution is 5.42. The lowest BCUT2D eigenvalue weighted by atomic mass is 9.28. The van der Waals surface area contributed by atoms with E-state index < -0.39 is 5.60 Å². The Morgan fingerprint density at radius 2 is 1.94 bits per heavy atom. The van der Waals surface area contributed by atoms with E-state index in [0.29, 0.717) is 17.9 Å². The van der Waals surface area contributed by atoms with Gasteiger partial charge < -0.3 is 15.5 Å². The van der Waals surface area contributed by atoms with Crippen molar-refractivity contribution in [1.29, 1.82) is 0 Å². The predicted octanol–water partition coefficient (Wildman–Crippen LogP) is 5.21. The lowest BCUT2D eigenvalue weighted by Crippen LogP contribution is -2.76. The van der Waals surface area contributed by atoms with Crippen molar-refractivity contribution < 1.29 is 10.2 Å². The molecule has 0 radical (unpaired) electrons. The molecule has 6 bridgehead atoms. The van der Waals surface area contributed by atoms with Crippen LogP contribution in [-0.4, -0.2) is 35.0 Å². The molecule has 10 atom stereocenters. The van der Waals surface area contributed by atoms with Gasteiger partial charge in [-0.3, -0.25) is 0 Å². The number of fused-ring (bicyclic) bond motifs is 2. The maximum Gasteiger partial charge on any atom is 0.0718 e. The van der Waals surface area contributed by atoms with Gasteiger partial charge in [-0.05, 0) is 87.0 Å². The maximum atomic E-state index is 12.4. The van der Waals surface area contributed by atoms with E-state index >= 15 is 0 Å². The molecule has 3 nitrogen and oxygen atoms in total. The minimum atomic E-state index is -0.598. The van der Waals surface area contributed by atoms with E-state index in [1.54, 1.807) is 0 Å². The van der Waals surface area contributed by atoms with Crippen LogP contribution in [0.25, 0.3) is 0 Å². The summed E-state index contributed by atoms with van der Waals surface area (Å²) < 4.78 is 0. The van der Waals surface area contributed by atoms with Crippen molar-refractivity contribution in [2.24, 2.45) is 39.4 Å². The Hall–Kier alpha value is -0.380.